The largest absolute Gasteiger partial charge is 0.497 e. The van der Waals surface area contributed by atoms with Crippen LogP contribution >= 0.6 is 0 Å². The van der Waals surface area contributed by atoms with E-state index < -0.39 is 0 Å². The number of amides is 1. The molecule has 0 aliphatic carbocycles. The van der Waals surface area contributed by atoms with E-state index in [9.17, 15) is 9.59 Å². The Hall–Kier alpha value is -3.61. The first-order valence-corrected chi connectivity index (χ1v) is 8.37. The molecule has 0 atom stereocenters. The van der Waals surface area contributed by atoms with Crippen LogP contribution < -0.4 is 15.7 Å². The van der Waals surface area contributed by atoms with Gasteiger partial charge in [-0.05, 0) is 44.2 Å². The van der Waals surface area contributed by atoms with Gasteiger partial charge in [-0.3, -0.25) is 14.7 Å². The zero-order valence-corrected chi connectivity index (χ0v) is 15.3. The number of aryl methyl sites for hydroxylation is 1. The number of aromatic nitrogens is 2. The first kappa shape index (κ1) is 18.2. The summed E-state index contributed by atoms with van der Waals surface area (Å²) in [5.74, 6) is 0.195. The molecule has 0 fully saturated rings. The molecule has 27 heavy (non-hydrogen) atoms. The number of aromatic amines is 1. The highest BCUT2D eigenvalue weighted by atomic mass is 16.5. The van der Waals surface area contributed by atoms with Gasteiger partial charge in [-0.15, -0.1) is 0 Å². The van der Waals surface area contributed by atoms with Crippen molar-refractivity contribution in [3.05, 3.63) is 81.8 Å². The number of rotatable bonds is 5. The standard InChI is InChI=1S/C20H20N4O3/c1-13(21-22-19(25)15-8-7-11-17(12-15)27-3)18-14(2)23-24(20(18)26)16-9-5-4-6-10-16/h4-12,23H,1-3H3,(H,22,25)/b21-13+. The Labute approximate surface area is 156 Å². The number of carbonyl (C=O) groups is 1. The molecule has 0 unspecified atom stereocenters. The van der Waals surface area contributed by atoms with Crippen molar-refractivity contribution in [1.29, 1.82) is 0 Å². The maximum Gasteiger partial charge on any atom is 0.280 e. The Balaban J connectivity index is 1.85. The molecule has 0 bridgehead atoms. The van der Waals surface area contributed by atoms with E-state index in [2.05, 4.69) is 15.6 Å². The van der Waals surface area contributed by atoms with Crippen LogP contribution in [0.25, 0.3) is 5.69 Å². The molecule has 7 heteroatoms. The molecule has 138 valence electrons. The van der Waals surface area contributed by atoms with Gasteiger partial charge in [0.25, 0.3) is 11.5 Å². The maximum atomic E-state index is 12.8. The number of hydrogen-bond acceptors (Lipinski definition) is 4. The molecule has 3 aromatic rings. The molecule has 0 saturated carbocycles. The van der Waals surface area contributed by atoms with Gasteiger partial charge in [0, 0.05) is 11.3 Å². The van der Waals surface area contributed by atoms with Crippen molar-refractivity contribution in [3.8, 4) is 11.4 Å². The van der Waals surface area contributed by atoms with Crippen molar-refractivity contribution in [2.24, 2.45) is 5.10 Å². The minimum absolute atomic E-state index is 0.226. The summed E-state index contributed by atoms with van der Waals surface area (Å²) in [7, 11) is 1.53. The Morgan fingerprint density at radius 1 is 1.15 bits per heavy atom. The third kappa shape index (κ3) is 3.82. The fraction of sp³-hybridized carbons (Fsp3) is 0.150. The smallest absolute Gasteiger partial charge is 0.280 e. The normalized spacial score (nSPS) is 11.3. The molecule has 0 aliphatic heterocycles. The van der Waals surface area contributed by atoms with E-state index in [0.717, 1.165) is 5.69 Å². The Kier molecular flexibility index (Phi) is 5.21. The van der Waals surface area contributed by atoms with Crippen LogP contribution in [0.4, 0.5) is 0 Å². The zero-order valence-electron chi connectivity index (χ0n) is 15.3. The van der Waals surface area contributed by atoms with Crippen molar-refractivity contribution in [1.82, 2.24) is 15.2 Å². The highest BCUT2D eigenvalue weighted by Crippen LogP contribution is 2.12. The molecule has 2 aromatic carbocycles. The van der Waals surface area contributed by atoms with Crippen LogP contribution in [-0.4, -0.2) is 28.5 Å². The van der Waals surface area contributed by atoms with E-state index in [1.165, 1.54) is 11.8 Å². The second-order valence-corrected chi connectivity index (χ2v) is 5.96. The van der Waals surface area contributed by atoms with E-state index in [1.54, 1.807) is 38.1 Å². The van der Waals surface area contributed by atoms with E-state index >= 15 is 0 Å². The monoisotopic (exact) mass is 364 g/mol. The highest BCUT2D eigenvalue weighted by Gasteiger charge is 2.15. The van der Waals surface area contributed by atoms with Crippen molar-refractivity contribution < 1.29 is 9.53 Å². The first-order chi connectivity index (χ1) is 13.0. The summed E-state index contributed by atoms with van der Waals surface area (Å²) in [6, 6.07) is 16.0. The number of nitrogens with one attached hydrogen (secondary N) is 2. The second-order valence-electron chi connectivity index (χ2n) is 5.96. The number of para-hydroxylation sites is 1. The average Bonchev–Trinajstić information content (AvgIpc) is 3.00. The van der Waals surface area contributed by atoms with Gasteiger partial charge in [0.15, 0.2) is 0 Å². The lowest BCUT2D eigenvalue weighted by molar-refractivity contribution is 0.0954. The number of hydrazone groups is 1. The van der Waals surface area contributed by atoms with Gasteiger partial charge in [0.1, 0.15) is 5.75 Å². The molecule has 3 rings (SSSR count). The fourth-order valence-electron chi connectivity index (χ4n) is 2.75. The average molecular weight is 364 g/mol. The number of methoxy groups -OCH3 is 1. The van der Waals surface area contributed by atoms with Crippen LogP contribution in [-0.2, 0) is 0 Å². The maximum absolute atomic E-state index is 12.8. The molecule has 2 N–H and O–H groups in total. The van der Waals surface area contributed by atoms with Crippen molar-refractivity contribution in [2.45, 2.75) is 13.8 Å². The van der Waals surface area contributed by atoms with Gasteiger partial charge in [-0.25, -0.2) is 10.1 Å². The SMILES string of the molecule is COc1cccc(C(=O)N/N=C(\C)c2c(C)[nH]n(-c3ccccc3)c2=O)c1. The molecular weight excluding hydrogens is 344 g/mol. The number of benzene rings is 2. The van der Waals surface area contributed by atoms with Gasteiger partial charge in [-0.2, -0.15) is 5.10 Å². The van der Waals surface area contributed by atoms with Crippen LogP contribution in [0.5, 0.6) is 5.75 Å². The minimum Gasteiger partial charge on any atom is -0.497 e. The Bertz CT molecular complexity index is 1050. The van der Waals surface area contributed by atoms with Gasteiger partial charge < -0.3 is 4.74 Å². The van der Waals surface area contributed by atoms with E-state index in [-0.39, 0.29) is 11.5 Å². The molecular formula is C20H20N4O3. The molecule has 1 amide bonds. The number of ether oxygens (including phenoxy) is 1. The number of carbonyl (C=O) groups excluding carboxylic acids is 1. The van der Waals surface area contributed by atoms with E-state index in [0.29, 0.717) is 28.3 Å². The van der Waals surface area contributed by atoms with Gasteiger partial charge >= 0.3 is 0 Å². The summed E-state index contributed by atoms with van der Waals surface area (Å²) < 4.78 is 6.56. The topological polar surface area (TPSA) is 88.5 Å². The summed E-state index contributed by atoms with van der Waals surface area (Å²) in [5.41, 5.74) is 4.90. The van der Waals surface area contributed by atoms with E-state index in [4.69, 9.17) is 4.74 Å². The van der Waals surface area contributed by atoms with Gasteiger partial charge in [-0.1, -0.05) is 24.3 Å². The lowest BCUT2D eigenvalue weighted by atomic mass is 10.2. The molecule has 7 nitrogen and oxygen atoms in total. The van der Waals surface area contributed by atoms with E-state index in [1.807, 2.05) is 30.3 Å². The highest BCUT2D eigenvalue weighted by molar-refractivity contribution is 6.01. The van der Waals surface area contributed by atoms with Gasteiger partial charge in [0.2, 0.25) is 0 Å². The molecule has 1 heterocycles. The van der Waals surface area contributed by atoms with Crippen molar-refractivity contribution in [2.75, 3.05) is 7.11 Å². The summed E-state index contributed by atoms with van der Waals surface area (Å²) in [4.78, 5) is 25.0. The zero-order chi connectivity index (χ0) is 19.4. The summed E-state index contributed by atoms with van der Waals surface area (Å²) in [6.45, 7) is 3.47. The van der Waals surface area contributed by atoms with Crippen LogP contribution in [0.15, 0.2) is 64.5 Å². The summed E-state index contributed by atoms with van der Waals surface area (Å²) in [6.07, 6.45) is 0. The fourth-order valence-corrected chi connectivity index (χ4v) is 2.75. The summed E-state index contributed by atoms with van der Waals surface area (Å²) >= 11 is 0. The molecule has 0 spiro atoms. The Morgan fingerprint density at radius 3 is 2.59 bits per heavy atom. The lowest BCUT2D eigenvalue weighted by Crippen LogP contribution is -2.23. The van der Waals surface area contributed by atoms with Crippen LogP contribution in [0.1, 0.15) is 28.5 Å². The van der Waals surface area contributed by atoms with Crippen LogP contribution in [0.3, 0.4) is 0 Å². The first-order valence-electron chi connectivity index (χ1n) is 8.37. The van der Waals surface area contributed by atoms with Gasteiger partial charge in [0.05, 0.1) is 24.1 Å². The third-order valence-corrected chi connectivity index (χ3v) is 4.10. The van der Waals surface area contributed by atoms with Crippen molar-refractivity contribution >= 4 is 11.6 Å². The quantitative estimate of drug-likeness (QED) is 0.539. The number of H-pyrrole nitrogens is 1. The molecule has 0 radical (unpaired) electrons. The predicted molar refractivity (Wildman–Crippen MR) is 104 cm³/mol. The van der Waals surface area contributed by atoms with Crippen LogP contribution in [0.2, 0.25) is 0 Å². The third-order valence-electron chi connectivity index (χ3n) is 4.10. The number of hydrogen-bond donors (Lipinski definition) is 2. The molecule has 1 aromatic heterocycles. The minimum atomic E-state index is -0.384. The predicted octanol–water partition coefficient (Wildman–Crippen LogP) is 2.64. The summed E-state index contributed by atoms with van der Waals surface area (Å²) in [5, 5.41) is 7.14. The Morgan fingerprint density at radius 2 is 1.89 bits per heavy atom. The second kappa shape index (κ2) is 7.74. The molecule has 0 aliphatic rings. The van der Waals surface area contributed by atoms with Crippen molar-refractivity contribution in [3.63, 3.8) is 0 Å². The van der Waals surface area contributed by atoms with Crippen LogP contribution in [0, 0.1) is 6.92 Å². The lowest BCUT2D eigenvalue weighted by Gasteiger charge is -2.04. The molecule has 0 saturated heterocycles. The number of nitrogens with zero attached hydrogens (tertiary/aromatic N) is 2.